The van der Waals surface area contributed by atoms with Gasteiger partial charge < -0.3 is 15.4 Å². The Labute approximate surface area is 158 Å². The van der Waals surface area contributed by atoms with Crippen LogP contribution in [-0.4, -0.2) is 25.6 Å². The topological polar surface area (TPSA) is 50.4 Å². The number of rotatable bonds is 9. The van der Waals surface area contributed by atoms with Gasteiger partial charge in [-0.15, -0.1) is 12.4 Å². The Morgan fingerprint density at radius 1 is 1.44 bits per heavy atom. The second-order valence-corrected chi connectivity index (χ2v) is 6.91. The molecule has 2 atom stereocenters. The van der Waals surface area contributed by atoms with Gasteiger partial charge in [-0.2, -0.15) is 0 Å². The van der Waals surface area contributed by atoms with Crippen molar-refractivity contribution in [3.05, 3.63) is 29.8 Å². The summed E-state index contributed by atoms with van der Waals surface area (Å²) in [5.74, 6) is 2.09. The second-order valence-electron chi connectivity index (χ2n) is 6.91. The van der Waals surface area contributed by atoms with Gasteiger partial charge in [-0.3, -0.25) is 4.79 Å². The van der Waals surface area contributed by atoms with Crippen molar-refractivity contribution in [2.45, 2.75) is 52.5 Å². The summed E-state index contributed by atoms with van der Waals surface area (Å²) in [6.45, 7) is 7.83. The van der Waals surface area contributed by atoms with Gasteiger partial charge in [0.25, 0.3) is 0 Å². The van der Waals surface area contributed by atoms with Crippen molar-refractivity contribution in [2.24, 2.45) is 11.8 Å². The van der Waals surface area contributed by atoms with Crippen molar-refractivity contribution < 1.29 is 9.53 Å². The summed E-state index contributed by atoms with van der Waals surface area (Å²) < 4.78 is 5.72. The Morgan fingerprint density at radius 2 is 2.28 bits per heavy atom. The highest BCUT2D eigenvalue weighted by molar-refractivity contribution is 5.85. The third-order valence-electron chi connectivity index (χ3n) is 4.80. The van der Waals surface area contributed by atoms with Crippen LogP contribution in [-0.2, 0) is 11.3 Å². The van der Waals surface area contributed by atoms with E-state index < -0.39 is 0 Å². The number of hydrogen-bond acceptors (Lipinski definition) is 3. The zero-order valence-corrected chi connectivity index (χ0v) is 16.4. The average Bonchev–Trinajstić information content (AvgIpc) is 2.61. The number of nitrogens with one attached hydrogen (secondary N) is 2. The van der Waals surface area contributed by atoms with Gasteiger partial charge >= 0.3 is 0 Å². The molecule has 1 aliphatic rings. The van der Waals surface area contributed by atoms with E-state index in [2.05, 4.69) is 24.5 Å². The lowest BCUT2D eigenvalue weighted by molar-refractivity contribution is -0.122. The van der Waals surface area contributed by atoms with Gasteiger partial charge in [-0.25, -0.2) is 0 Å². The predicted molar refractivity (Wildman–Crippen MR) is 105 cm³/mol. The fraction of sp³-hybridized carbons (Fsp3) is 0.650. The molecule has 0 aliphatic carbocycles. The molecule has 0 bridgehead atoms. The molecule has 2 rings (SSSR count). The highest BCUT2D eigenvalue weighted by Crippen LogP contribution is 2.22. The van der Waals surface area contributed by atoms with Crippen molar-refractivity contribution in [2.75, 3.05) is 19.7 Å². The van der Waals surface area contributed by atoms with Crippen LogP contribution in [0.2, 0.25) is 0 Å². The van der Waals surface area contributed by atoms with Gasteiger partial charge in [0.1, 0.15) is 5.75 Å². The van der Waals surface area contributed by atoms with E-state index in [0.717, 1.165) is 43.9 Å². The summed E-state index contributed by atoms with van der Waals surface area (Å²) in [4.78, 5) is 12.2. The number of unbranched alkanes of at least 4 members (excludes halogenated alkanes) is 1. The summed E-state index contributed by atoms with van der Waals surface area (Å²) in [7, 11) is 0. The van der Waals surface area contributed by atoms with Crippen molar-refractivity contribution in [1.29, 1.82) is 0 Å². The van der Waals surface area contributed by atoms with Gasteiger partial charge in [0.05, 0.1) is 6.61 Å². The van der Waals surface area contributed by atoms with E-state index in [9.17, 15) is 4.79 Å². The van der Waals surface area contributed by atoms with E-state index in [1.54, 1.807) is 0 Å². The third-order valence-corrected chi connectivity index (χ3v) is 4.80. The van der Waals surface area contributed by atoms with Crippen LogP contribution in [0.5, 0.6) is 5.75 Å². The van der Waals surface area contributed by atoms with Gasteiger partial charge in [-0.1, -0.05) is 32.4 Å². The number of hydrogen-bond donors (Lipinski definition) is 2. The van der Waals surface area contributed by atoms with Crippen LogP contribution in [0.1, 0.15) is 51.5 Å². The van der Waals surface area contributed by atoms with Crippen LogP contribution >= 0.6 is 12.4 Å². The molecule has 0 aromatic heterocycles. The van der Waals surface area contributed by atoms with Gasteiger partial charge in [0.2, 0.25) is 5.91 Å². The maximum absolute atomic E-state index is 12.2. The quantitative estimate of drug-likeness (QED) is 0.649. The van der Waals surface area contributed by atoms with Crippen LogP contribution < -0.4 is 15.4 Å². The normalized spacial score (nSPS) is 18.1. The smallest absolute Gasteiger partial charge is 0.220 e. The Balaban J connectivity index is 0.00000312. The molecule has 142 valence electrons. The van der Waals surface area contributed by atoms with Crippen molar-refractivity contribution in [3.63, 3.8) is 0 Å². The number of benzene rings is 1. The number of ether oxygens (including phenoxy) is 1. The first-order valence-electron chi connectivity index (χ1n) is 9.38. The Kier molecular flexibility index (Phi) is 10.6. The molecule has 2 unspecified atom stereocenters. The minimum absolute atomic E-state index is 0. The molecule has 5 heteroatoms. The largest absolute Gasteiger partial charge is 0.494 e. The molecule has 1 saturated heterocycles. The summed E-state index contributed by atoms with van der Waals surface area (Å²) in [6.07, 6.45) is 5.26. The minimum atomic E-state index is 0. The zero-order chi connectivity index (χ0) is 17.2. The van der Waals surface area contributed by atoms with Gasteiger partial charge in [-0.05, 0) is 61.9 Å². The fourth-order valence-electron chi connectivity index (χ4n) is 3.18. The molecule has 1 heterocycles. The van der Waals surface area contributed by atoms with E-state index in [-0.39, 0.29) is 18.3 Å². The van der Waals surface area contributed by atoms with Crippen LogP contribution in [0.4, 0.5) is 0 Å². The van der Waals surface area contributed by atoms with Crippen molar-refractivity contribution in [3.8, 4) is 5.75 Å². The Hall–Kier alpha value is -1.26. The van der Waals surface area contributed by atoms with Gasteiger partial charge in [0, 0.05) is 13.0 Å². The molecule has 4 nitrogen and oxygen atoms in total. The Morgan fingerprint density at radius 3 is 3.00 bits per heavy atom. The lowest BCUT2D eigenvalue weighted by Crippen LogP contribution is -2.35. The monoisotopic (exact) mass is 368 g/mol. The molecule has 1 fully saturated rings. The highest BCUT2D eigenvalue weighted by atomic mass is 35.5. The van der Waals surface area contributed by atoms with E-state index in [0.29, 0.717) is 24.8 Å². The van der Waals surface area contributed by atoms with E-state index >= 15 is 0 Å². The van der Waals surface area contributed by atoms with E-state index in [1.165, 1.54) is 12.8 Å². The van der Waals surface area contributed by atoms with Crippen LogP contribution in [0.3, 0.4) is 0 Å². The summed E-state index contributed by atoms with van der Waals surface area (Å²) in [6, 6.07) is 8.00. The molecule has 1 aromatic rings. The number of carbonyl (C=O) groups is 1. The summed E-state index contributed by atoms with van der Waals surface area (Å²) in [5, 5.41) is 6.48. The lowest BCUT2D eigenvalue weighted by Gasteiger charge is -2.28. The fourth-order valence-corrected chi connectivity index (χ4v) is 3.18. The summed E-state index contributed by atoms with van der Waals surface area (Å²) >= 11 is 0. The molecular formula is C20H33ClN2O2. The van der Waals surface area contributed by atoms with E-state index in [4.69, 9.17) is 4.74 Å². The molecule has 25 heavy (non-hydrogen) atoms. The lowest BCUT2D eigenvalue weighted by atomic mass is 9.85. The number of amides is 1. The zero-order valence-electron chi connectivity index (χ0n) is 15.6. The first-order chi connectivity index (χ1) is 11.7. The SMILES string of the molecule is CCCCOc1cccc(CNC(=O)CC(C)C2CCCNC2)c1.Cl. The molecule has 1 aromatic carbocycles. The minimum Gasteiger partial charge on any atom is -0.494 e. The molecule has 0 saturated carbocycles. The van der Waals surface area contributed by atoms with Crippen molar-refractivity contribution >= 4 is 18.3 Å². The first-order valence-corrected chi connectivity index (χ1v) is 9.38. The first kappa shape index (κ1) is 21.8. The Bertz CT molecular complexity index is 504. The molecule has 1 aliphatic heterocycles. The molecular weight excluding hydrogens is 336 g/mol. The van der Waals surface area contributed by atoms with Gasteiger partial charge in [0.15, 0.2) is 0 Å². The molecule has 0 radical (unpaired) electrons. The third kappa shape index (κ3) is 8.10. The maximum Gasteiger partial charge on any atom is 0.220 e. The number of carbonyl (C=O) groups excluding carboxylic acids is 1. The molecule has 1 amide bonds. The van der Waals surface area contributed by atoms with Crippen LogP contribution in [0.15, 0.2) is 24.3 Å². The van der Waals surface area contributed by atoms with Crippen LogP contribution in [0.25, 0.3) is 0 Å². The van der Waals surface area contributed by atoms with E-state index in [1.807, 2.05) is 24.3 Å². The average molecular weight is 369 g/mol. The maximum atomic E-state index is 12.2. The van der Waals surface area contributed by atoms with Crippen LogP contribution in [0, 0.1) is 11.8 Å². The molecule has 0 spiro atoms. The van der Waals surface area contributed by atoms with Crippen molar-refractivity contribution in [1.82, 2.24) is 10.6 Å². The standard InChI is InChI=1S/C20H32N2O2.ClH/c1-3-4-11-24-19-9-5-7-17(13-19)14-22-20(23)12-16(2)18-8-6-10-21-15-18;/h5,7,9,13,16,18,21H,3-4,6,8,10-12,14-15H2,1-2H3,(H,22,23);1H. The highest BCUT2D eigenvalue weighted by Gasteiger charge is 2.21. The predicted octanol–water partition coefficient (Wildman–Crippen LogP) is 3.93. The number of halogens is 1. The second kappa shape index (κ2) is 12.2. The number of piperidine rings is 1. The molecule has 2 N–H and O–H groups in total. The summed E-state index contributed by atoms with van der Waals surface area (Å²) in [5.41, 5.74) is 1.09.